The molecule has 0 fully saturated rings. The predicted molar refractivity (Wildman–Crippen MR) is 93.2 cm³/mol. The Bertz CT molecular complexity index is 789. The first-order valence-corrected chi connectivity index (χ1v) is 7.23. The van der Waals surface area contributed by atoms with E-state index in [0.29, 0.717) is 0 Å². The Hall–Kier alpha value is -2.60. The summed E-state index contributed by atoms with van der Waals surface area (Å²) in [4.78, 5) is 0. The van der Waals surface area contributed by atoms with Gasteiger partial charge >= 0.3 is 0 Å². The molecule has 0 saturated carbocycles. The van der Waals surface area contributed by atoms with E-state index in [-0.39, 0.29) is 0 Å². The predicted octanol–water partition coefficient (Wildman–Crippen LogP) is 5.74. The molecule has 0 aromatic heterocycles. The van der Waals surface area contributed by atoms with Crippen molar-refractivity contribution in [1.82, 2.24) is 0 Å². The van der Waals surface area contributed by atoms with Gasteiger partial charge in [0, 0.05) is 0 Å². The molecular formula is C21H18. The summed E-state index contributed by atoms with van der Waals surface area (Å²) in [6, 6.07) is 23.1. The molecule has 0 nitrogen and oxygen atoms in total. The Morgan fingerprint density at radius 3 is 2.43 bits per heavy atom. The van der Waals surface area contributed by atoms with Crippen LogP contribution in [0, 0.1) is 0 Å². The highest BCUT2D eigenvalue weighted by Crippen LogP contribution is 2.19. The van der Waals surface area contributed by atoms with Gasteiger partial charge in [-0.05, 0) is 33.9 Å². The second-order valence-electron chi connectivity index (χ2n) is 5.08. The third-order valence-electron chi connectivity index (χ3n) is 3.73. The van der Waals surface area contributed by atoms with E-state index in [0.717, 1.165) is 6.42 Å². The van der Waals surface area contributed by atoms with E-state index in [4.69, 9.17) is 0 Å². The van der Waals surface area contributed by atoms with Gasteiger partial charge in [-0.25, -0.2) is 0 Å². The Morgan fingerprint density at radius 2 is 1.57 bits per heavy atom. The summed E-state index contributed by atoms with van der Waals surface area (Å²) in [6.07, 6.45) is 7.39. The quantitative estimate of drug-likeness (QED) is 0.529. The van der Waals surface area contributed by atoms with Crippen LogP contribution in [0.3, 0.4) is 0 Å². The van der Waals surface area contributed by atoms with E-state index >= 15 is 0 Å². The van der Waals surface area contributed by atoms with Crippen molar-refractivity contribution in [3.05, 3.63) is 96.1 Å². The molecule has 1 aliphatic rings. The molecule has 0 heterocycles. The maximum Gasteiger partial charge on any atom is -0.00882 e. The molecule has 0 amide bonds. The van der Waals surface area contributed by atoms with Crippen LogP contribution in [-0.2, 0) is 6.42 Å². The first-order chi connectivity index (χ1) is 10.4. The molecule has 1 aliphatic carbocycles. The molecule has 0 bridgehead atoms. The third-order valence-corrected chi connectivity index (χ3v) is 3.73. The van der Waals surface area contributed by atoms with E-state index in [2.05, 4.69) is 85.5 Å². The number of allylic oxidation sites excluding steroid dienone is 1. The lowest BCUT2D eigenvalue weighted by atomic mass is 10.1. The SMILES string of the molecule is C1=Cc2ccccc2C1.C=Cc1cccc2ccccc12. The summed E-state index contributed by atoms with van der Waals surface area (Å²) < 4.78 is 0. The Kier molecular flexibility index (Phi) is 3.97. The first kappa shape index (κ1) is 13.4. The van der Waals surface area contributed by atoms with Crippen LogP contribution < -0.4 is 0 Å². The molecule has 0 atom stereocenters. The Labute approximate surface area is 126 Å². The molecule has 0 N–H and O–H groups in total. The van der Waals surface area contributed by atoms with Gasteiger partial charge in [-0.2, -0.15) is 0 Å². The second-order valence-corrected chi connectivity index (χ2v) is 5.08. The fourth-order valence-electron chi connectivity index (χ4n) is 2.62. The Balaban J connectivity index is 0.000000131. The molecule has 0 spiro atoms. The second kappa shape index (κ2) is 6.23. The van der Waals surface area contributed by atoms with Crippen molar-refractivity contribution in [1.29, 1.82) is 0 Å². The summed E-state index contributed by atoms with van der Waals surface area (Å²) in [5.41, 5.74) is 4.04. The maximum atomic E-state index is 3.78. The van der Waals surface area contributed by atoms with Gasteiger partial charge in [0.1, 0.15) is 0 Å². The summed E-state index contributed by atoms with van der Waals surface area (Å²) in [7, 11) is 0. The first-order valence-electron chi connectivity index (χ1n) is 7.23. The molecule has 0 saturated heterocycles. The van der Waals surface area contributed by atoms with Crippen molar-refractivity contribution in [3.8, 4) is 0 Å². The lowest BCUT2D eigenvalue weighted by molar-refractivity contribution is 1.31. The zero-order chi connectivity index (χ0) is 14.5. The highest BCUT2D eigenvalue weighted by molar-refractivity contribution is 5.90. The third kappa shape index (κ3) is 2.95. The zero-order valence-corrected chi connectivity index (χ0v) is 12.0. The molecule has 0 heteroatoms. The topological polar surface area (TPSA) is 0 Å². The van der Waals surface area contributed by atoms with Crippen LogP contribution in [0.15, 0.2) is 79.4 Å². The highest BCUT2D eigenvalue weighted by Gasteiger charge is 2.00. The fourth-order valence-corrected chi connectivity index (χ4v) is 2.62. The van der Waals surface area contributed by atoms with E-state index in [1.807, 2.05) is 6.08 Å². The van der Waals surface area contributed by atoms with Crippen molar-refractivity contribution in [2.24, 2.45) is 0 Å². The van der Waals surface area contributed by atoms with Gasteiger partial charge in [0.05, 0.1) is 0 Å². The molecule has 3 aromatic rings. The average Bonchev–Trinajstić information content (AvgIpc) is 3.03. The van der Waals surface area contributed by atoms with Crippen LogP contribution in [0.5, 0.6) is 0 Å². The average molecular weight is 270 g/mol. The maximum absolute atomic E-state index is 3.78. The van der Waals surface area contributed by atoms with Crippen molar-refractivity contribution in [3.63, 3.8) is 0 Å². The smallest absolute Gasteiger partial charge is 0.00882 e. The van der Waals surface area contributed by atoms with Gasteiger partial charge in [0.25, 0.3) is 0 Å². The van der Waals surface area contributed by atoms with E-state index < -0.39 is 0 Å². The van der Waals surface area contributed by atoms with E-state index in [1.54, 1.807) is 0 Å². The van der Waals surface area contributed by atoms with Gasteiger partial charge in [0.15, 0.2) is 0 Å². The van der Waals surface area contributed by atoms with Crippen LogP contribution in [-0.4, -0.2) is 0 Å². The molecule has 4 rings (SSSR count). The van der Waals surface area contributed by atoms with Gasteiger partial charge in [0.2, 0.25) is 0 Å². The molecular weight excluding hydrogens is 252 g/mol. The minimum absolute atomic E-state index is 1.12. The molecule has 0 aliphatic heterocycles. The molecule has 102 valence electrons. The molecule has 0 unspecified atom stereocenters. The monoisotopic (exact) mass is 270 g/mol. The summed E-state index contributed by atoms with van der Waals surface area (Å²) in [5, 5.41) is 2.55. The number of hydrogen-bond acceptors (Lipinski definition) is 0. The largest absolute Gasteiger partial charge is 0.0984 e. The standard InChI is InChI=1S/C12H10.C9H8/c1-2-10-7-5-8-11-6-3-4-9-12(10)11;1-2-5-9-7-3-6-8(9)4-1/h2-9H,1H2;1-6H,7H2. The number of rotatable bonds is 1. The molecule has 3 aromatic carbocycles. The van der Waals surface area contributed by atoms with Crippen molar-refractivity contribution >= 4 is 22.9 Å². The number of benzene rings is 3. The summed E-state index contributed by atoms with van der Waals surface area (Å²) >= 11 is 0. The van der Waals surface area contributed by atoms with Crippen LogP contribution in [0.25, 0.3) is 22.9 Å². The summed E-state index contributed by atoms with van der Waals surface area (Å²) in [5.74, 6) is 0. The number of fused-ring (bicyclic) bond motifs is 2. The van der Waals surface area contributed by atoms with Crippen molar-refractivity contribution in [2.75, 3.05) is 0 Å². The fraction of sp³-hybridized carbons (Fsp3) is 0.0476. The minimum Gasteiger partial charge on any atom is -0.0984 e. The van der Waals surface area contributed by atoms with Crippen LogP contribution in [0.2, 0.25) is 0 Å². The van der Waals surface area contributed by atoms with Crippen molar-refractivity contribution in [2.45, 2.75) is 6.42 Å². The molecule has 21 heavy (non-hydrogen) atoms. The van der Waals surface area contributed by atoms with E-state index in [9.17, 15) is 0 Å². The lowest BCUT2D eigenvalue weighted by Crippen LogP contribution is -1.76. The summed E-state index contributed by atoms with van der Waals surface area (Å²) in [6.45, 7) is 3.78. The van der Waals surface area contributed by atoms with Crippen LogP contribution in [0.4, 0.5) is 0 Å². The van der Waals surface area contributed by atoms with Gasteiger partial charge < -0.3 is 0 Å². The normalized spacial score (nSPS) is 11.6. The van der Waals surface area contributed by atoms with Crippen molar-refractivity contribution < 1.29 is 0 Å². The Morgan fingerprint density at radius 1 is 0.810 bits per heavy atom. The van der Waals surface area contributed by atoms with Crippen LogP contribution >= 0.6 is 0 Å². The highest BCUT2D eigenvalue weighted by atomic mass is 14.0. The van der Waals surface area contributed by atoms with Gasteiger partial charge in [-0.15, -0.1) is 0 Å². The zero-order valence-electron chi connectivity index (χ0n) is 12.0. The lowest BCUT2D eigenvalue weighted by Gasteiger charge is -1.99. The molecule has 0 radical (unpaired) electrons. The van der Waals surface area contributed by atoms with Gasteiger partial charge in [-0.3, -0.25) is 0 Å². The number of hydrogen-bond donors (Lipinski definition) is 0. The minimum atomic E-state index is 1.12. The van der Waals surface area contributed by atoms with E-state index in [1.165, 1.54) is 27.5 Å². The van der Waals surface area contributed by atoms with Gasteiger partial charge in [-0.1, -0.05) is 91.5 Å². The van der Waals surface area contributed by atoms with Crippen LogP contribution in [0.1, 0.15) is 16.7 Å².